The zero-order chi connectivity index (χ0) is 25.3. The number of hydrogen-bond donors (Lipinski definition) is 2. The number of fused-ring (bicyclic) bond motifs is 1. The molecule has 0 bridgehead atoms. The highest BCUT2D eigenvalue weighted by molar-refractivity contribution is 6.31. The van der Waals surface area contributed by atoms with E-state index in [1.54, 1.807) is 30.3 Å². The number of benzene rings is 1. The van der Waals surface area contributed by atoms with Crippen molar-refractivity contribution in [1.82, 2.24) is 20.2 Å². The number of aromatic nitrogens is 2. The summed E-state index contributed by atoms with van der Waals surface area (Å²) in [5, 5.41) is 4.49. The van der Waals surface area contributed by atoms with Crippen LogP contribution in [0, 0.1) is 11.7 Å². The topological polar surface area (TPSA) is 95.0 Å². The molecule has 2 N–H and O–H groups in total. The molecule has 36 heavy (non-hydrogen) atoms. The van der Waals surface area contributed by atoms with Crippen LogP contribution in [0.1, 0.15) is 25.3 Å². The van der Waals surface area contributed by atoms with Gasteiger partial charge in [0.25, 0.3) is 0 Å². The van der Waals surface area contributed by atoms with Crippen molar-refractivity contribution in [2.24, 2.45) is 15.9 Å². The lowest BCUT2D eigenvalue weighted by atomic mass is 9.96. The molecule has 1 saturated heterocycles. The Morgan fingerprint density at radius 2 is 2.17 bits per heavy atom. The molecule has 2 aliphatic rings. The second-order valence-electron chi connectivity index (χ2n) is 9.17. The van der Waals surface area contributed by atoms with E-state index in [0.29, 0.717) is 41.7 Å². The van der Waals surface area contributed by atoms with Crippen LogP contribution in [0.5, 0.6) is 5.75 Å². The molecule has 4 heterocycles. The molecule has 3 aromatic rings. The molecule has 0 radical (unpaired) electrons. The second-order valence-corrected chi connectivity index (χ2v) is 9.61. The highest BCUT2D eigenvalue weighted by atomic mass is 35.5. The number of aliphatic imine (C=N–C) groups is 2. The molecule has 2 aliphatic heterocycles. The molecule has 11 heteroatoms. The first-order chi connectivity index (χ1) is 17.3. The van der Waals surface area contributed by atoms with E-state index >= 15 is 0 Å². The number of amides is 1. The number of rotatable bonds is 5. The second kappa shape index (κ2) is 9.94. The smallest absolute Gasteiger partial charge is 0.410 e. The average molecular weight is 515 g/mol. The summed E-state index contributed by atoms with van der Waals surface area (Å²) in [4.78, 5) is 30.4. The van der Waals surface area contributed by atoms with Crippen LogP contribution < -0.4 is 10.1 Å². The quantitative estimate of drug-likeness (QED) is 0.514. The monoisotopic (exact) mass is 514 g/mol. The Morgan fingerprint density at radius 1 is 1.36 bits per heavy atom. The van der Waals surface area contributed by atoms with E-state index in [2.05, 4.69) is 25.3 Å². The molecule has 8 nitrogen and oxygen atoms in total. The van der Waals surface area contributed by atoms with Crippen LogP contribution >= 0.6 is 11.6 Å². The molecule has 0 aliphatic carbocycles. The SMILES string of the molecule is CC1(NC[C@H]2CCCN(C(=O)Oc3ccc(F)cc3)C2)N=C(c2c[nH]c3ncc(Cl)cc23)N=CC1F. The molecular formula is C25H25ClF2N6O2. The number of pyridine rings is 1. The Hall–Kier alpha value is -3.37. The molecule has 0 saturated carbocycles. The zero-order valence-corrected chi connectivity index (χ0v) is 20.3. The summed E-state index contributed by atoms with van der Waals surface area (Å²) in [5.41, 5.74) is 0.0894. The summed E-state index contributed by atoms with van der Waals surface area (Å²) in [6, 6.07) is 7.07. The van der Waals surface area contributed by atoms with Gasteiger partial charge in [-0.25, -0.2) is 28.5 Å². The lowest BCUT2D eigenvalue weighted by molar-refractivity contribution is 0.121. The van der Waals surface area contributed by atoms with Gasteiger partial charge in [0.1, 0.15) is 22.9 Å². The lowest BCUT2D eigenvalue weighted by Gasteiger charge is -2.36. The number of nitrogens with one attached hydrogen (secondary N) is 2. The van der Waals surface area contributed by atoms with Crippen molar-refractivity contribution < 1.29 is 18.3 Å². The summed E-state index contributed by atoms with van der Waals surface area (Å²) < 4.78 is 33.5. The normalized spacial score (nSPS) is 24.1. The van der Waals surface area contributed by atoms with Crippen LogP contribution in [-0.4, -0.2) is 64.5 Å². The number of likely N-dealkylation sites (tertiary alicyclic amines) is 1. The van der Waals surface area contributed by atoms with Crippen molar-refractivity contribution in [3.05, 3.63) is 59.1 Å². The number of halogens is 3. The van der Waals surface area contributed by atoms with Crippen LogP contribution in [0.4, 0.5) is 13.6 Å². The molecule has 3 atom stereocenters. The fraction of sp³-hybridized carbons (Fsp3) is 0.360. The first kappa shape index (κ1) is 24.3. The van der Waals surface area contributed by atoms with Crippen LogP contribution in [0.15, 0.2) is 52.7 Å². The summed E-state index contributed by atoms with van der Waals surface area (Å²) in [5.74, 6) is 0.341. The van der Waals surface area contributed by atoms with Gasteiger partial charge in [-0.3, -0.25) is 5.32 Å². The Balaban J connectivity index is 1.25. The number of piperidine rings is 1. The molecule has 2 aromatic heterocycles. The minimum atomic E-state index is -1.43. The first-order valence-electron chi connectivity index (χ1n) is 11.7. The van der Waals surface area contributed by atoms with Gasteiger partial charge in [0.2, 0.25) is 0 Å². The van der Waals surface area contributed by atoms with E-state index in [9.17, 15) is 13.6 Å². The summed E-state index contributed by atoms with van der Waals surface area (Å²) in [6.07, 6.45) is 4.27. The van der Waals surface area contributed by atoms with Crippen LogP contribution in [0.2, 0.25) is 5.02 Å². The highest BCUT2D eigenvalue weighted by Gasteiger charge is 2.37. The molecule has 1 fully saturated rings. The number of alkyl halides is 1. The fourth-order valence-electron chi connectivity index (χ4n) is 4.44. The Kier molecular flexibility index (Phi) is 6.72. The van der Waals surface area contributed by atoms with Crippen molar-refractivity contribution in [1.29, 1.82) is 0 Å². The number of carbonyl (C=O) groups is 1. The summed E-state index contributed by atoms with van der Waals surface area (Å²) in [6.45, 7) is 3.15. The predicted octanol–water partition coefficient (Wildman–Crippen LogP) is 4.74. The Labute approximate surface area is 211 Å². The molecule has 0 spiro atoms. The van der Waals surface area contributed by atoms with E-state index in [0.717, 1.165) is 18.2 Å². The van der Waals surface area contributed by atoms with E-state index in [-0.39, 0.29) is 11.7 Å². The minimum absolute atomic E-state index is 0.0807. The van der Waals surface area contributed by atoms with Gasteiger partial charge in [-0.15, -0.1) is 0 Å². The van der Waals surface area contributed by atoms with E-state index < -0.39 is 23.7 Å². The van der Waals surface area contributed by atoms with Gasteiger partial charge >= 0.3 is 6.09 Å². The van der Waals surface area contributed by atoms with E-state index in [4.69, 9.17) is 16.3 Å². The standard InChI is InChI=1S/C25H25ClF2N6O2/c1-25(21(28)13-31-23(33-25)20-12-30-22-19(20)9-16(26)11-29-22)32-10-15-3-2-8-34(14-15)24(35)36-18-6-4-17(27)5-7-18/h4-7,9,11-13,15,21,32H,2-3,8,10,14H2,1H3,(H,29,30)/t15-,21?,25?/m1/s1. The number of amidine groups is 1. The van der Waals surface area contributed by atoms with Gasteiger partial charge in [-0.2, -0.15) is 0 Å². The average Bonchev–Trinajstić information content (AvgIpc) is 3.29. The number of H-pyrrole nitrogens is 1. The van der Waals surface area contributed by atoms with Gasteiger partial charge in [0, 0.05) is 49.2 Å². The van der Waals surface area contributed by atoms with Crippen LogP contribution in [0.25, 0.3) is 11.0 Å². The predicted molar refractivity (Wildman–Crippen MR) is 134 cm³/mol. The van der Waals surface area contributed by atoms with E-state index in [1.807, 2.05) is 0 Å². The van der Waals surface area contributed by atoms with Crippen molar-refractivity contribution in [3.63, 3.8) is 0 Å². The molecule has 188 valence electrons. The van der Waals surface area contributed by atoms with Gasteiger partial charge in [0.15, 0.2) is 12.0 Å². The van der Waals surface area contributed by atoms with Crippen LogP contribution in [-0.2, 0) is 0 Å². The minimum Gasteiger partial charge on any atom is -0.410 e. The maximum absolute atomic E-state index is 15.0. The van der Waals surface area contributed by atoms with Crippen molar-refractivity contribution >= 4 is 40.8 Å². The Morgan fingerprint density at radius 3 is 2.97 bits per heavy atom. The first-order valence-corrected chi connectivity index (χ1v) is 12.1. The number of ether oxygens (including phenoxy) is 1. The maximum atomic E-state index is 15.0. The number of nitrogens with zero attached hydrogens (tertiary/aromatic N) is 4. The zero-order valence-electron chi connectivity index (χ0n) is 19.5. The molecule has 1 amide bonds. The largest absolute Gasteiger partial charge is 0.415 e. The van der Waals surface area contributed by atoms with Crippen LogP contribution in [0.3, 0.4) is 0 Å². The van der Waals surface area contributed by atoms with Crippen molar-refractivity contribution in [2.75, 3.05) is 19.6 Å². The number of hydrogen-bond acceptors (Lipinski definition) is 6. The third kappa shape index (κ3) is 5.10. The van der Waals surface area contributed by atoms with E-state index in [1.165, 1.54) is 30.5 Å². The van der Waals surface area contributed by atoms with Gasteiger partial charge < -0.3 is 14.6 Å². The number of carbonyl (C=O) groups excluding carboxylic acids is 1. The maximum Gasteiger partial charge on any atom is 0.415 e. The fourth-order valence-corrected chi connectivity index (χ4v) is 4.60. The van der Waals surface area contributed by atoms with Gasteiger partial charge in [0.05, 0.1) is 5.02 Å². The Bertz CT molecular complexity index is 1330. The van der Waals surface area contributed by atoms with Gasteiger partial charge in [-0.1, -0.05) is 11.6 Å². The summed E-state index contributed by atoms with van der Waals surface area (Å²) in [7, 11) is 0. The third-order valence-corrected chi connectivity index (χ3v) is 6.69. The summed E-state index contributed by atoms with van der Waals surface area (Å²) >= 11 is 6.11. The van der Waals surface area contributed by atoms with Gasteiger partial charge in [-0.05, 0) is 56.0 Å². The third-order valence-electron chi connectivity index (χ3n) is 6.49. The highest BCUT2D eigenvalue weighted by Crippen LogP contribution is 2.27. The van der Waals surface area contributed by atoms with Crippen molar-refractivity contribution in [2.45, 2.75) is 31.6 Å². The lowest BCUT2D eigenvalue weighted by Crippen LogP contribution is -2.54. The van der Waals surface area contributed by atoms with Crippen molar-refractivity contribution in [3.8, 4) is 5.75 Å². The number of aromatic amines is 1. The molecular weight excluding hydrogens is 490 g/mol. The molecule has 5 rings (SSSR count). The molecule has 2 unspecified atom stereocenters. The molecule has 1 aromatic carbocycles.